The van der Waals surface area contributed by atoms with Crippen LogP contribution in [0.1, 0.15) is 125 Å². The number of carbonyl (C=O) groups is 4. The Balaban J connectivity index is 2.11. The summed E-state index contributed by atoms with van der Waals surface area (Å²) in [5, 5.41) is -1.47. The van der Waals surface area contributed by atoms with E-state index in [-0.39, 0.29) is 43.3 Å². The molecule has 0 fully saturated rings. The van der Waals surface area contributed by atoms with Gasteiger partial charge < -0.3 is 18.9 Å². The molecule has 0 N–H and O–H groups in total. The Hall–Kier alpha value is -1.94. The number of esters is 4. The summed E-state index contributed by atoms with van der Waals surface area (Å²) in [4.78, 5) is 52.0. The molecule has 2 aromatic rings. The standard InChI is InChI=1S/C36H44Cl6O8/c1-21(2)15-11-7-5-9-13-17-47-33(43)27-29(41)23(37)19-25(39)31(27)49-35(45)36(46)50-32-26(40)20-24(38)30(42)28(32)34(44)48-18-14-10-6-8-12-16-22(3)4/h19-22H,5-18H2,1-4H3. The van der Waals surface area contributed by atoms with Gasteiger partial charge in [-0.25, -0.2) is 19.2 Å². The molecule has 0 radical (unpaired) electrons. The second-order valence-corrected chi connectivity index (χ2v) is 15.1. The van der Waals surface area contributed by atoms with E-state index in [1.165, 1.54) is 0 Å². The van der Waals surface area contributed by atoms with Gasteiger partial charge in [-0.3, -0.25) is 0 Å². The van der Waals surface area contributed by atoms with Crippen molar-refractivity contribution in [1.82, 2.24) is 0 Å². The molecule has 0 saturated heterocycles. The molecule has 50 heavy (non-hydrogen) atoms. The highest BCUT2D eigenvalue weighted by Crippen LogP contribution is 2.41. The smallest absolute Gasteiger partial charge is 0.423 e. The van der Waals surface area contributed by atoms with Crippen LogP contribution in [-0.2, 0) is 19.1 Å². The number of carbonyl (C=O) groups excluding carboxylic acids is 4. The first kappa shape index (κ1) is 44.2. The minimum atomic E-state index is -1.64. The minimum Gasteiger partial charge on any atom is -0.462 e. The molecule has 2 rings (SSSR count). The third kappa shape index (κ3) is 14.6. The molecule has 0 aliphatic heterocycles. The van der Waals surface area contributed by atoms with Crippen LogP contribution >= 0.6 is 69.6 Å². The van der Waals surface area contributed by atoms with Crippen LogP contribution in [0, 0.1) is 11.8 Å². The molecule has 0 aliphatic carbocycles. The zero-order valence-corrected chi connectivity index (χ0v) is 33.3. The SMILES string of the molecule is CC(C)CCCCCCCOC(=O)c1c(Cl)c(Cl)cc(Cl)c1OC(=O)C(=O)Oc1c(Cl)cc(Cl)c(Cl)c1C(=O)OCCCCCCCC(C)C. The summed E-state index contributed by atoms with van der Waals surface area (Å²) in [5.41, 5.74) is -0.919. The predicted octanol–water partition coefficient (Wildman–Crippen LogP) is 12.4. The first-order chi connectivity index (χ1) is 23.6. The van der Waals surface area contributed by atoms with Gasteiger partial charge in [-0.1, -0.05) is 162 Å². The summed E-state index contributed by atoms with van der Waals surface area (Å²) in [6, 6.07) is 2.26. The van der Waals surface area contributed by atoms with E-state index in [9.17, 15) is 19.2 Å². The highest BCUT2D eigenvalue weighted by atomic mass is 35.5. The number of hydrogen-bond acceptors (Lipinski definition) is 8. The lowest BCUT2D eigenvalue weighted by Crippen LogP contribution is -2.27. The number of rotatable bonds is 20. The van der Waals surface area contributed by atoms with E-state index in [0.717, 1.165) is 76.3 Å². The van der Waals surface area contributed by atoms with E-state index in [0.29, 0.717) is 24.7 Å². The molecule has 14 heteroatoms. The second-order valence-electron chi connectivity index (χ2n) is 12.7. The van der Waals surface area contributed by atoms with Gasteiger partial charge in [0.15, 0.2) is 11.5 Å². The first-order valence-electron chi connectivity index (χ1n) is 16.8. The van der Waals surface area contributed by atoms with E-state index in [2.05, 4.69) is 27.7 Å². The Morgan fingerprint density at radius 2 is 0.820 bits per heavy atom. The van der Waals surface area contributed by atoms with Crippen molar-refractivity contribution >= 4 is 93.5 Å². The Bertz CT molecular complexity index is 1370. The van der Waals surface area contributed by atoms with Crippen LogP contribution in [0.15, 0.2) is 12.1 Å². The van der Waals surface area contributed by atoms with E-state index in [1.807, 2.05) is 0 Å². The zero-order chi connectivity index (χ0) is 37.4. The van der Waals surface area contributed by atoms with Crippen LogP contribution in [0.2, 0.25) is 30.1 Å². The fourth-order valence-electron chi connectivity index (χ4n) is 4.83. The summed E-state index contributed by atoms with van der Waals surface area (Å²) in [5.74, 6) is -5.07. The van der Waals surface area contributed by atoms with E-state index >= 15 is 0 Å². The molecule has 2 aromatic carbocycles. The van der Waals surface area contributed by atoms with Gasteiger partial charge in [-0.2, -0.15) is 0 Å². The molecule has 0 unspecified atom stereocenters. The normalized spacial score (nSPS) is 11.2. The van der Waals surface area contributed by atoms with E-state index < -0.39 is 46.5 Å². The maximum absolute atomic E-state index is 13.0. The lowest BCUT2D eigenvalue weighted by molar-refractivity contribution is -0.156. The largest absolute Gasteiger partial charge is 0.462 e. The van der Waals surface area contributed by atoms with Gasteiger partial charge in [0.2, 0.25) is 0 Å². The van der Waals surface area contributed by atoms with Crippen molar-refractivity contribution in [3.63, 3.8) is 0 Å². The summed E-state index contributed by atoms with van der Waals surface area (Å²) in [6.07, 6.45) is 11.6. The maximum atomic E-state index is 13.0. The summed E-state index contributed by atoms with van der Waals surface area (Å²) in [6.45, 7) is 8.84. The number of halogens is 6. The van der Waals surface area contributed by atoms with Crippen molar-refractivity contribution in [2.75, 3.05) is 13.2 Å². The van der Waals surface area contributed by atoms with Crippen LogP contribution in [0.5, 0.6) is 11.5 Å². The molecule has 0 aliphatic rings. The Morgan fingerprint density at radius 1 is 0.500 bits per heavy atom. The fraction of sp³-hybridized carbons (Fsp3) is 0.556. The molecular weight excluding hydrogens is 773 g/mol. The molecule has 0 heterocycles. The number of hydrogen-bond donors (Lipinski definition) is 0. The third-order valence-corrected chi connectivity index (χ3v) is 9.67. The third-order valence-electron chi connectivity index (χ3n) is 7.54. The molecule has 0 spiro atoms. The van der Waals surface area contributed by atoms with Gasteiger partial charge in [0, 0.05) is 0 Å². The topological polar surface area (TPSA) is 105 Å². The Labute approximate surface area is 324 Å². The Kier molecular flexibility index (Phi) is 20.2. The quantitative estimate of drug-likeness (QED) is 0.0428. The number of unbranched alkanes of at least 4 members (excludes halogenated alkanes) is 8. The summed E-state index contributed by atoms with van der Waals surface area (Å²) >= 11 is 37.4. The lowest BCUT2D eigenvalue weighted by atomic mass is 10.0. The monoisotopic (exact) mass is 814 g/mol. The van der Waals surface area contributed by atoms with Crippen LogP contribution < -0.4 is 9.47 Å². The van der Waals surface area contributed by atoms with Crippen LogP contribution in [0.3, 0.4) is 0 Å². The molecule has 0 bridgehead atoms. The minimum absolute atomic E-state index is 0.0614. The van der Waals surface area contributed by atoms with Crippen molar-refractivity contribution < 1.29 is 38.1 Å². The van der Waals surface area contributed by atoms with Gasteiger partial charge in [-0.15, -0.1) is 0 Å². The molecular formula is C36H44Cl6O8. The van der Waals surface area contributed by atoms with Crippen molar-refractivity contribution in [3.8, 4) is 11.5 Å². The maximum Gasteiger partial charge on any atom is 0.423 e. The molecule has 0 saturated carbocycles. The van der Waals surface area contributed by atoms with Gasteiger partial charge in [0.1, 0.15) is 11.1 Å². The molecule has 0 atom stereocenters. The fourth-order valence-corrected chi connectivity index (χ4v) is 6.27. The molecule has 0 aromatic heterocycles. The van der Waals surface area contributed by atoms with Gasteiger partial charge in [0.05, 0.1) is 43.3 Å². The van der Waals surface area contributed by atoms with Gasteiger partial charge >= 0.3 is 23.9 Å². The van der Waals surface area contributed by atoms with Crippen LogP contribution in [0.4, 0.5) is 0 Å². The van der Waals surface area contributed by atoms with E-state index in [1.54, 1.807) is 0 Å². The predicted molar refractivity (Wildman–Crippen MR) is 200 cm³/mol. The van der Waals surface area contributed by atoms with Crippen molar-refractivity contribution in [1.29, 1.82) is 0 Å². The van der Waals surface area contributed by atoms with Crippen molar-refractivity contribution in [2.24, 2.45) is 11.8 Å². The summed E-state index contributed by atoms with van der Waals surface area (Å²) in [7, 11) is 0. The second kappa shape index (κ2) is 22.9. The lowest BCUT2D eigenvalue weighted by Gasteiger charge is -2.15. The number of ether oxygens (including phenoxy) is 4. The van der Waals surface area contributed by atoms with E-state index in [4.69, 9.17) is 88.6 Å². The molecule has 0 amide bonds. The van der Waals surface area contributed by atoms with Gasteiger partial charge in [0.25, 0.3) is 0 Å². The van der Waals surface area contributed by atoms with Gasteiger partial charge in [-0.05, 0) is 36.8 Å². The average molecular weight is 817 g/mol. The van der Waals surface area contributed by atoms with Crippen LogP contribution in [0.25, 0.3) is 0 Å². The zero-order valence-electron chi connectivity index (χ0n) is 28.7. The van der Waals surface area contributed by atoms with Crippen LogP contribution in [-0.4, -0.2) is 37.1 Å². The highest BCUT2D eigenvalue weighted by molar-refractivity contribution is 6.47. The Morgan fingerprint density at radius 3 is 1.16 bits per heavy atom. The average Bonchev–Trinajstić information content (AvgIpc) is 3.04. The highest BCUT2D eigenvalue weighted by Gasteiger charge is 2.32. The van der Waals surface area contributed by atoms with Crippen molar-refractivity contribution in [3.05, 3.63) is 53.4 Å². The number of benzene rings is 2. The molecule has 8 nitrogen and oxygen atoms in total. The first-order valence-corrected chi connectivity index (χ1v) is 19.1. The van der Waals surface area contributed by atoms with Crippen molar-refractivity contribution in [2.45, 2.75) is 105 Å². The summed E-state index contributed by atoms with van der Waals surface area (Å²) < 4.78 is 21.1. The molecule has 278 valence electrons.